The largest absolute Gasteiger partial charge is 0.365 e. The maximum Gasteiger partial charge on any atom is 0.274 e. The van der Waals surface area contributed by atoms with Gasteiger partial charge in [0, 0.05) is 39.3 Å². The first-order valence-electron chi connectivity index (χ1n) is 9.44. The zero-order chi connectivity index (χ0) is 18.3. The molecule has 0 saturated carbocycles. The molecule has 8 heteroatoms. The van der Waals surface area contributed by atoms with Crippen LogP contribution in [-0.2, 0) is 22.6 Å². The van der Waals surface area contributed by atoms with E-state index in [4.69, 9.17) is 4.74 Å². The summed E-state index contributed by atoms with van der Waals surface area (Å²) in [6.07, 6.45) is 1.70. The van der Waals surface area contributed by atoms with Crippen molar-refractivity contribution < 1.29 is 14.3 Å². The number of aromatic nitrogens is 2. The minimum Gasteiger partial charge on any atom is -0.365 e. The van der Waals surface area contributed by atoms with Crippen LogP contribution in [0.15, 0.2) is 6.07 Å². The molecule has 0 aliphatic carbocycles. The third-order valence-corrected chi connectivity index (χ3v) is 5.77. The van der Waals surface area contributed by atoms with Crippen LogP contribution < -0.4 is 0 Å². The first kappa shape index (κ1) is 17.5. The van der Waals surface area contributed by atoms with Gasteiger partial charge in [-0.2, -0.15) is 5.10 Å². The Morgan fingerprint density at radius 2 is 1.85 bits per heavy atom. The molecule has 3 aliphatic rings. The van der Waals surface area contributed by atoms with Crippen LogP contribution in [0.5, 0.6) is 0 Å². The number of likely N-dealkylation sites (N-methyl/N-ethyl adjacent to an activating group) is 1. The quantitative estimate of drug-likeness (QED) is 0.752. The Bertz CT molecular complexity index is 702. The molecule has 2 saturated heterocycles. The fourth-order valence-electron chi connectivity index (χ4n) is 4.00. The molecule has 0 bridgehead atoms. The van der Waals surface area contributed by atoms with Crippen molar-refractivity contribution in [2.24, 2.45) is 0 Å². The molecule has 4 rings (SSSR count). The normalized spacial score (nSPS) is 26.8. The Balaban J connectivity index is 1.45. The number of rotatable bonds is 2. The highest BCUT2D eigenvalue weighted by atomic mass is 16.5. The molecule has 2 fully saturated rings. The van der Waals surface area contributed by atoms with E-state index in [2.05, 4.69) is 17.0 Å². The maximum absolute atomic E-state index is 12.8. The van der Waals surface area contributed by atoms with Gasteiger partial charge in [0.15, 0.2) is 5.69 Å². The molecule has 26 heavy (non-hydrogen) atoms. The fraction of sp³-hybridized carbons (Fsp3) is 0.722. The average Bonchev–Trinajstić information content (AvgIpc) is 3.27. The summed E-state index contributed by atoms with van der Waals surface area (Å²) in [5.74, 6) is 0.0401. The molecule has 0 radical (unpaired) electrons. The topological polar surface area (TPSA) is 70.9 Å². The Morgan fingerprint density at radius 1 is 1.12 bits per heavy atom. The van der Waals surface area contributed by atoms with E-state index >= 15 is 0 Å². The molecule has 2 amide bonds. The summed E-state index contributed by atoms with van der Waals surface area (Å²) in [7, 11) is 2.07. The van der Waals surface area contributed by atoms with E-state index in [0.29, 0.717) is 31.9 Å². The second-order valence-electron chi connectivity index (χ2n) is 7.75. The smallest absolute Gasteiger partial charge is 0.274 e. The van der Waals surface area contributed by atoms with Crippen LogP contribution >= 0.6 is 0 Å². The van der Waals surface area contributed by atoms with Gasteiger partial charge in [-0.3, -0.25) is 14.3 Å². The molecule has 1 atom stereocenters. The van der Waals surface area contributed by atoms with E-state index in [1.165, 1.54) is 0 Å². The number of fused-ring (bicyclic) bond motifs is 1. The minimum atomic E-state index is -0.694. The summed E-state index contributed by atoms with van der Waals surface area (Å²) in [5.41, 5.74) is 0.714. The van der Waals surface area contributed by atoms with Crippen LogP contribution in [0, 0.1) is 0 Å². The monoisotopic (exact) mass is 361 g/mol. The van der Waals surface area contributed by atoms with Crippen molar-refractivity contribution in [3.63, 3.8) is 0 Å². The maximum atomic E-state index is 12.8. The molecule has 0 aromatic carbocycles. The molecule has 1 aromatic rings. The van der Waals surface area contributed by atoms with Crippen molar-refractivity contribution >= 4 is 11.8 Å². The summed E-state index contributed by atoms with van der Waals surface area (Å²) in [4.78, 5) is 31.5. The highest BCUT2D eigenvalue weighted by Crippen LogP contribution is 2.29. The number of hydrogen-bond donors (Lipinski definition) is 0. The van der Waals surface area contributed by atoms with E-state index in [0.717, 1.165) is 44.7 Å². The van der Waals surface area contributed by atoms with Gasteiger partial charge in [-0.15, -0.1) is 0 Å². The van der Waals surface area contributed by atoms with Crippen LogP contribution in [-0.4, -0.2) is 88.3 Å². The molecular formula is C18H27N5O3. The number of ether oxygens (including phenoxy) is 1. The van der Waals surface area contributed by atoms with Gasteiger partial charge in [-0.05, 0) is 32.9 Å². The summed E-state index contributed by atoms with van der Waals surface area (Å²) >= 11 is 0. The highest BCUT2D eigenvalue weighted by molar-refractivity contribution is 5.92. The number of hydrogen-bond acceptors (Lipinski definition) is 5. The third kappa shape index (κ3) is 3.12. The standard InChI is InChI=1S/C18H27N5O3/c1-18(4-3-11-26-18)17(25)22-9-10-23-14(13-22)12-15(19-23)16(24)21-7-5-20(2)6-8-21/h12H,3-11,13H2,1-2H3/t18-/m0/s1. The summed E-state index contributed by atoms with van der Waals surface area (Å²) in [6.45, 7) is 7.49. The Kier molecular flexibility index (Phi) is 4.48. The zero-order valence-electron chi connectivity index (χ0n) is 15.6. The van der Waals surface area contributed by atoms with Crippen LogP contribution in [0.2, 0.25) is 0 Å². The minimum absolute atomic E-state index is 0.0102. The van der Waals surface area contributed by atoms with Crippen LogP contribution in [0.4, 0.5) is 0 Å². The van der Waals surface area contributed by atoms with Crippen molar-refractivity contribution in [2.75, 3.05) is 46.4 Å². The van der Waals surface area contributed by atoms with Crippen molar-refractivity contribution in [1.29, 1.82) is 0 Å². The van der Waals surface area contributed by atoms with Crippen LogP contribution in [0.25, 0.3) is 0 Å². The first-order valence-corrected chi connectivity index (χ1v) is 9.44. The predicted molar refractivity (Wildman–Crippen MR) is 94.6 cm³/mol. The van der Waals surface area contributed by atoms with Gasteiger partial charge >= 0.3 is 0 Å². The van der Waals surface area contributed by atoms with Gasteiger partial charge in [-0.25, -0.2) is 0 Å². The van der Waals surface area contributed by atoms with Gasteiger partial charge < -0.3 is 19.4 Å². The lowest BCUT2D eigenvalue weighted by molar-refractivity contribution is -0.152. The van der Waals surface area contributed by atoms with Crippen LogP contribution in [0.3, 0.4) is 0 Å². The Hall–Kier alpha value is -1.93. The molecule has 0 N–H and O–H groups in total. The van der Waals surface area contributed by atoms with Crippen LogP contribution in [0.1, 0.15) is 35.9 Å². The van der Waals surface area contributed by atoms with Crippen molar-refractivity contribution in [3.8, 4) is 0 Å². The zero-order valence-corrected chi connectivity index (χ0v) is 15.6. The van der Waals surface area contributed by atoms with E-state index in [1.807, 2.05) is 27.5 Å². The lowest BCUT2D eigenvalue weighted by Gasteiger charge is -2.33. The number of carbonyl (C=O) groups excluding carboxylic acids is 2. The second kappa shape index (κ2) is 6.66. The molecule has 0 spiro atoms. The summed E-state index contributed by atoms with van der Waals surface area (Å²) in [6, 6.07) is 1.85. The number of carbonyl (C=O) groups is 2. The van der Waals surface area contributed by atoms with Crippen molar-refractivity contribution in [3.05, 3.63) is 17.5 Å². The van der Waals surface area contributed by atoms with Gasteiger partial charge in [0.05, 0.1) is 18.8 Å². The number of amides is 2. The molecule has 142 valence electrons. The molecule has 1 aromatic heterocycles. The first-order chi connectivity index (χ1) is 12.5. The van der Waals surface area contributed by atoms with Gasteiger partial charge in [0.25, 0.3) is 11.8 Å². The predicted octanol–water partition coefficient (Wildman–Crippen LogP) is 0.182. The average molecular weight is 361 g/mol. The van der Waals surface area contributed by atoms with E-state index in [9.17, 15) is 9.59 Å². The fourth-order valence-corrected chi connectivity index (χ4v) is 4.00. The van der Waals surface area contributed by atoms with E-state index < -0.39 is 5.60 Å². The molecule has 8 nitrogen and oxygen atoms in total. The third-order valence-electron chi connectivity index (χ3n) is 5.77. The Labute approximate surface area is 153 Å². The summed E-state index contributed by atoms with van der Waals surface area (Å²) in [5, 5.41) is 4.50. The molecular weight excluding hydrogens is 334 g/mol. The number of piperazine rings is 1. The Morgan fingerprint density at radius 3 is 2.54 bits per heavy atom. The van der Waals surface area contributed by atoms with E-state index in [-0.39, 0.29) is 11.8 Å². The molecule has 0 unspecified atom stereocenters. The van der Waals surface area contributed by atoms with E-state index in [1.54, 1.807) is 0 Å². The van der Waals surface area contributed by atoms with Crippen molar-refractivity contribution in [1.82, 2.24) is 24.5 Å². The van der Waals surface area contributed by atoms with Gasteiger partial charge in [0.2, 0.25) is 0 Å². The SMILES string of the molecule is CN1CCN(C(=O)c2cc3n(n2)CCN(C(=O)[C@]2(C)CCCO2)C3)CC1. The lowest BCUT2D eigenvalue weighted by Crippen LogP contribution is -2.49. The molecule has 4 heterocycles. The summed E-state index contributed by atoms with van der Waals surface area (Å²) < 4.78 is 7.56. The van der Waals surface area contributed by atoms with Gasteiger partial charge in [-0.1, -0.05) is 0 Å². The van der Waals surface area contributed by atoms with Gasteiger partial charge in [0.1, 0.15) is 5.60 Å². The lowest BCUT2D eigenvalue weighted by atomic mass is 10.0. The highest BCUT2D eigenvalue weighted by Gasteiger charge is 2.41. The number of nitrogens with zero attached hydrogens (tertiary/aromatic N) is 5. The second-order valence-corrected chi connectivity index (χ2v) is 7.75. The molecule has 3 aliphatic heterocycles. The van der Waals surface area contributed by atoms with Crippen molar-refractivity contribution in [2.45, 2.75) is 38.5 Å².